The Morgan fingerprint density at radius 2 is 2.00 bits per heavy atom. The third kappa shape index (κ3) is 4.29. The molecule has 0 aliphatic heterocycles. The number of halogens is 1. The average Bonchev–Trinajstić information content (AvgIpc) is 2.86. The Morgan fingerprint density at radius 1 is 1.32 bits per heavy atom. The molecular weight excluding hydrogens is 302 g/mol. The van der Waals surface area contributed by atoms with Gasteiger partial charge < -0.3 is 10.2 Å². The third-order valence-electron chi connectivity index (χ3n) is 3.43. The van der Waals surface area contributed by atoms with Crippen LogP contribution in [0.15, 0.2) is 30.3 Å². The van der Waals surface area contributed by atoms with E-state index in [-0.39, 0.29) is 24.7 Å². The van der Waals surface area contributed by atoms with Crippen LogP contribution in [0, 0.1) is 6.92 Å². The smallest absolute Gasteiger partial charge is 0.228 e. The lowest BCUT2D eigenvalue weighted by atomic mass is 10.2. The first-order chi connectivity index (χ1) is 10.1. The summed E-state index contributed by atoms with van der Waals surface area (Å²) in [4.78, 5) is 13.8. The molecule has 0 bridgehead atoms. The highest BCUT2D eigenvalue weighted by Gasteiger charge is 2.16. The number of nitrogens with zero attached hydrogens (tertiary/aromatic N) is 4. The normalized spacial score (nSPS) is 10.1. The number of amides is 1. The summed E-state index contributed by atoms with van der Waals surface area (Å²) >= 11 is 0. The summed E-state index contributed by atoms with van der Waals surface area (Å²) < 4.78 is 1.76. The molecule has 0 fully saturated rings. The maximum Gasteiger partial charge on any atom is 0.228 e. The van der Waals surface area contributed by atoms with Crippen molar-refractivity contribution in [2.45, 2.75) is 13.3 Å². The Hall–Kier alpha value is -1.92. The van der Waals surface area contributed by atoms with Crippen molar-refractivity contribution in [2.75, 3.05) is 27.2 Å². The molecule has 0 aliphatic carbocycles. The molecule has 0 saturated heterocycles. The monoisotopic (exact) mass is 323 g/mol. The Kier molecular flexibility index (Phi) is 7.01. The van der Waals surface area contributed by atoms with E-state index in [1.54, 1.807) is 16.6 Å². The molecule has 2 rings (SSSR count). The Morgan fingerprint density at radius 3 is 2.64 bits per heavy atom. The summed E-state index contributed by atoms with van der Waals surface area (Å²) in [7, 11) is 3.67. The zero-order valence-electron chi connectivity index (χ0n) is 13.1. The van der Waals surface area contributed by atoms with Crippen LogP contribution in [0.2, 0.25) is 0 Å². The molecular formula is C15H22ClN5O. The lowest BCUT2D eigenvalue weighted by Crippen LogP contribution is -2.34. The molecule has 6 nitrogen and oxygen atoms in total. The van der Waals surface area contributed by atoms with Gasteiger partial charge in [-0.25, -0.2) is 4.68 Å². The highest BCUT2D eigenvalue weighted by molar-refractivity contribution is 5.85. The number of carbonyl (C=O) groups is 1. The summed E-state index contributed by atoms with van der Waals surface area (Å²) in [5, 5.41) is 11.3. The van der Waals surface area contributed by atoms with Crippen molar-refractivity contribution in [3.8, 4) is 5.69 Å². The molecule has 0 unspecified atom stereocenters. The topological polar surface area (TPSA) is 63.1 Å². The van der Waals surface area contributed by atoms with Crippen LogP contribution >= 0.6 is 12.4 Å². The highest BCUT2D eigenvalue weighted by atomic mass is 35.5. The number of para-hydroxylation sites is 1. The van der Waals surface area contributed by atoms with Gasteiger partial charge in [-0.15, -0.1) is 17.5 Å². The molecule has 1 N–H and O–H groups in total. The van der Waals surface area contributed by atoms with Crippen molar-refractivity contribution in [3.63, 3.8) is 0 Å². The first kappa shape index (κ1) is 18.1. The van der Waals surface area contributed by atoms with Crippen molar-refractivity contribution < 1.29 is 4.79 Å². The molecule has 120 valence electrons. The van der Waals surface area contributed by atoms with Crippen LogP contribution in [0.5, 0.6) is 0 Å². The second-order valence-corrected chi connectivity index (χ2v) is 4.96. The van der Waals surface area contributed by atoms with Crippen LogP contribution in [0.25, 0.3) is 5.69 Å². The molecule has 0 saturated carbocycles. The first-order valence-electron chi connectivity index (χ1n) is 6.98. The van der Waals surface area contributed by atoms with Gasteiger partial charge in [-0.3, -0.25) is 4.79 Å². The molecule has 0 aliphatic rings. The van der Waals surface area contributed by atoms with Crippen molar-refractivity contribution in [3.05, 3.63) is 41.7 Å². The van der Waals surface area contributed by atoms with E-state index in [4.69, 9.17) is 0 Å². The zero-order valence-corrected chi connectivity index (χ0v) is 13.9. The number of aromatic nitrogens is 3. The van der Waals surface area contributed by atoms with Gasteiger partial charge in [0.05, 0.1) is 23.5 Å². The fraction of sp³-hybridized carbons (Fsp3) is 0.400. The van der Waals surface area contributed by atoms with Crippen molar-refractivity contribution in [1.82, 2.24) is 25.2 Å². The van der Waals surface area contributed by atoms with Gasteiger partial charge in [0.2, 0.25) is 5.91 Å². The molecule has 0 atom stereocenters. The van der Waals surface area contributed by atoms with E-state index in [2.05, 4.69) is 15.6 Å². The number of nitrogens with one attached hydrogen (secondary N) is 1. The lowest BCUT2D eigenvalue weighted by Gasteiger charge is -2.16. The second kappa shape index (κ2) is 8.51. The van der Waals surface area contributed by atoms with Crippen molar-refractivity contribution >= 4 is 18.3 Å². The van der Waals surface area contributed by atoms with Gasteiger partial charge in [-0.2, -0.15) is 0 Å². The zero-order chi connectivity index (χ0) is 15.2. The molecule has 0 spiro atoms. The maximum atomic E-state index is 12.1. The summed E-state index contributed by atoms with van der Waals surface area (Å²) in [5.74, 6) is 0.0495. The van der Waals surface area contributed by atoms with E-state index in [1.807, 2.05) is 44.3 Å². The number of hydrogen-bond acceptors (Lipinski definition) is 4. The quantitative estimate of drug-likeness (QED) is 0.868. The van der Waals surface area contributed by atoms with Crippen LogP contribution in [-0.4, -0.2) is 53.0 Å². The van der Waals surface area contributed by atoms with E-state index in [0.717, 1.165) is 23.6 Å². The van der Waals surface area contributed by atoms with Crippen molar-refractivity contribution in [2.24, 2.45) is 0 Å². The number of carbonyl (C=O) groups excluding carboxylic acids is 1. The summed E-state index contributed by atoms with van der Waals surface area (Å²) in [6.07, 6.45) is 0.277. The minimum Gasteiger partial charge on any atom is -0.344 e. The molecule has 22 heavy (non-hydrogen) atoms. The SMILES string of the molecule is CNCCN(C)C(=O)Cc1nnn(-c2ccccc2)c1C.Cl. The fourth-order valence-electron chi connectivity index (χ4n) is 2.02. The molecule has 2 aromatic rings. The lowest BCUT2D eigenvalue weighted by molar-refractivity contribution is -0.129. The van der Waals surface area contributed by atoms with Gasteiger partial charge >= 0.3 is 0 Å². The minimum atomic E-state index is 0. The van der Waals surface area contributed by atoms with Crippen LogP contribution in [0.4, 0.5) is 0 Å². The van der Waals surface area contributed by atoms with E-state index in [0.29, 0.717) is 6.54 Å². The van der Waals surface area contributed by atoms with Gasteiger partial charge in [0, 0.05) is 20.1 Å². The number of benzene rings is 1. The second-order valence-electron chi connectivity index (χ2n) is 4.96. The Balaban J connectivity index is 0.00000242. The van der Waals surface area contributed by atoms with E-state index in [1.165, 1.54) is 0 Å². The fourth-order valence-corrected chi connectivity index (χ4v) is 2.02. The van der Waals surface area contributed by atoms with Gasteiger partial charge in [0.15, 0.2) is 0 Å². The first-order valence-corrected chi connectivity index (χ1v) is 6.98. The summed E-state index contributed by atoms with van der Waals surface area (Å²) in [5.41, 5.74) is 2.57. The molecule has 1 aromatic carbocycles. The van der Waals surface area contributed by atoms with Crippen LogP contribution in [-0.2, 0) is 11.2 Å². The summed E-state index contributed by atoms with van der Waals surface area (Å²) in [6.45, 7) is 3.39. The van der Waals surface area contributed by atoms with Gasteiger partial charge in [0.1, 0.15) is 0 Å². The Labute approximate surface area is 136 Å². The van der Waals surface area contributed by atoms with Crippen LogP contribution in [0.1, 0.15) is 11.4 Å². The molecule has 7 heteroatoms. The van der Waals surface area contributed by atoms with Gasteiger partial charge in [0.25, 0.3) is 0 Å². The minimum absolute atomic E-state index is 0. The largest absolute Gasteiger partial charge is 0.344 e. The molecule has 1 aromatic heterocycles. The summed E-state index contributed by atoms with van der Waals surface area (Å²) in [6, 6.07) is 9.79. The molecule has 1 amide bonds. The van der Waals surface area contributed by atoms with Crippen molar-refractivity contribution in [1.29, 1.82) is 0 Å². The predicted molar refractivity (Wildman–Crippen MR) is 88.6 cm³/mol. The van der Waals surface area contributed by atoms with E-state index in [9.17, 15) is 4.79 Å². The predicted octanol–water partition coefficient (Wildman–Crippen LogP) is 1.22. The van der Waals surface area contributed by atoms with Crippen LogP contribution < -0.4 is 5.32 Å². The number of likely N-dealkylation sites (N-methyl/N-ethyl adjacent to an activating group) is 2. The van der Waals surface area contributed by atoms with Gasteiger partial charge in [-0.1, -0.05) is 23.4 Å². The van der Waals surface area contributed by atoms with Gasteiger partial charge in [-0.05, 0) is 26.1 Å². The third-order valence-corrected chi connectivity index (χ3v) is 3.43. The van der Waals surface area contributed by atoms with E-state index < -0.39 is 0 Å². The van der Waals surface area contributed by atoms with E-state index >= 15 is 0 Å². The Bertz CT molecular complexity index is 599. The number of hydrogen-bond donors (Lipinski definition) is 1. The average molecular weight is 324 g/mol. The molecule has 1 heterocycles. The standard InChI is InChI=1S/C15H21N5O.ClH/c1-12-14(11-15(21)19(3)10-9-16-2)17-18-20(12)13-7-5-4-6-8-13;/h4-8,16H,9-11H2,1-3H3;1H. The maximum absolute atomic E-state index is 12.1. The van der Waals surface area contributed by atoms with Crippen LogP contribution in [0.3, 0.4) is 0 Å². The number of rotatable bonds is 6. The highest BCUT2D eigenvalue weighted by Crippen LogP contribution is 2.12. The molecule has 0 radical (unpaired) electrons.